The van der Waals surface area contributed by atoms with Gasteiger partial charge in [0.25, 0.3) is 0 Å². The number of rotatable bonds is 3. The number of ketones is 1. The summed E-state index contributed by atoms with van der Waals surface area (Å²) in [7, 11) is 0. The molecule has 0 atom stereocenters. The van der Waals surface area contributed by atoms with Gasteiger partial charge >= 0.3 is 0 Å². The van der Waals surface area contributed by atoms with E-state index in [1.54, 1.807) is 18.2 Å². The Morgan fingerprint density at radius 1 is 1.00 bits per heavy atom. The van der Waals surface area contributed by atoms with Crippen molar-refractivity contribution in [2.75, 3.05) is 0 Å². The Balaban J connectivity index is 2.23. The molecule has 0 unspecified atom stereocenters. The van der Waals surface area contributed by atoms with Gasteiger partial charge in [-0.25, -0.2) is 0 Å². The summed E-state index contributed by atoms with van der Waals surface area (Å²) in [6.45, 7) is 1.40. The van der Waals surface area contributed by atoms with Gasteiger partial charge in [-0.15, -0.1) is 0 Å². The molecule has 2 aromatic carbocycles. The molecular formula is C18H14O3. The number of carbonyl (C=O) groups is 1. The fraction of sp³-hybridized carbons (Fsp3) is 0.111. The van der Waals surface area contributed by atoms with Crippen molar-refractivity contribution in [2.24, 2.45) is 0 Å². The van der Waals surface area contributed by atoms with Gasteiger partial charge < -0.3 is 4.42 Å². The van der Waals surface area contributed by atoms with E-state index in [-0.39, 0.29) is 16.8 Å². The zero-order chi connectivity index (χ0) is 14.8. The van der Waals surface area contributed by atoms with Crippen LogP contribution in [0.1, 0.15) is 28.6 Å². The van der Waals surface area contributed by atoms with Crippen LogP contribution in [0.5, 0.6) is 0 Å². The van der Waals surface area contributed by atoms with Crippen molar-refractivity contribution < 1.29 is 9.21 Å². The highest BCUT2D eigenvalue weighted by Crippen LogP contribution is 2.19. The highest BCUT2D eigenvalue weighted by atomic mass is 16.3. The summed E-state index contributed by atoms with van der Waals surface area (Å²) in [5, 5.41) is 0.444. The van der Waals surface area contributed by atoms with Gasteiger partial charge in [0.1, 0.15) is 16.9 Å². The third kappa shape index (κ3) is 2.50. The van der Waals surface area contributed by atoms with Gasteiger partial charge in [-0.3, -0.25) is 9.59 Å². The van der Waals surface area contributed by atoms with Crippen LogP contribution in [0.2, 0.25) is 0 Å². The molecule has 0 aliphatic heterocycles. The number of hydrogen-bond donors (Lipinski definition) is 0. The molecule has 3 nitrogen and oxygen atoms in total. The summed E-state index contributed by atoms with van der Waals surface area (Å²) in [5.41, 5.74) is 1.41. The second-order valence-electron chi connectivity index (χ2n) is 4.94. The molecule has 1 aromatic heterocycles. The maximum absolute atomic E-state index is 12.5. The summed E-state index contributed by atoms with van der Waals surface area (Å²) < 4.78 is 5.82. The minimum absolute atomic E-state index is 0.151. The van der Waals surface area contributed by atoms with Crippen molar-refractivity contribution in [2.45, 2.75) is 13.3 Å². The van der Waals surface area contributed by atoms with Crippen LogP contribution in [0.15, 0.2) is 63.8 Å². The number of fused-ring (bicyclic) bond motifs is 1. The van der Waals surface area contributed by atoms with Gasteiger partial charge in [-0.05, 0) is 24.6 Å². The van der Waals surface area contributed by atoms with Crippen LogP contribution in [-0.2, 0) is 6.42 Å². The van der Waals surface area contributed by atoms with Crippen molar-refractivity contribution >= 4 is 16.8 Å². The standard InChI is InChI=1S/C18H14O3/c1-12(19)17-16(11-13-7-3-2-4-8-13)21-15-10-6-5-9-14(15)18(17)20/h2-10H,11H2,1H3. The van der Waals surface area contributed by atoms with Crippen LogP contribution in [0, 0.1) is 0 Å². The van der Waals surface area contributed by atoms with E-state index < -0.39 is 0 Å². The molecule has 0 amide bonds. The molecule has 0 fully saturated rings. The summed E-state index contributed by atoms with van der Waals surface area (Å²) in [5.74, 6) is 0.165. The smallest absolute Gasteiger partial charge is 0.203 e. The molecule has 0 aliphatic carbocycles. The maximum Gasteiger partial charge on any atom is 0.203 e. The highest BCUT2D eigenvalue weighted by molar-refractivity contribution is 5.97. The van der Waals surface area contributed by atoms with E-state index in [4.69, 9.17) is 4.42 Å². The van der Waals surface area contributed by atoms with Crippen molar-refractivity contribution in [3.8, 4) is 0 Å². The van der Waals surface area contributed by atoms with Crippen LogP contribution >= 0.6 is 0 Å². The number of carbonyl (C=O) groups excluding carboxylic acids is 1. The molecule has 0 spiro atoms. The fourth-order valence-electron chi connectivity index (χ4n) is 2.45. The zero-order valence-corrected chi connectivity index (χ0v) is 11.6. The first-order valence-electron chi connectivity index (χ1n) is 6.76. The summed E-state index contributed by atoms with van der Waals surface area (Å²) >= 11 is 0. The Morgan fingerprint density at radius 3 is 2.38 bits per heavy atom. The lowest BCUT2D eigenvalue weighted by Gasteiger charge is -2.08. The molecule has 0 aliphatic rings. The minimum Gasteiger partial charge on any atom is -0.460 e. The number of benzene rings is 2. The monoisotopic (exact) mass is 278 g/mol. The lowest BCUT2D eigenvalue weighted by Crippen LogP contribution is -2.16. The van der Waals surface area contributed by atoms with Crippen molar-refractivity contribution in [1.29, 1.82) is 0 Å². The summed E-state index contributed by atoms with van der Waals surface area (Å²) in [6.07, 6.45) is 0.426. The SMILES string of the molecule is CC(=O)c1c(Cc2ccccc2)oc2ccccc2c1=O. The van der Waals surface area contributed by atoms with E-state index in [0.29, 0.717) is 23.2 Å². The minimum atomic E-state index is -0.263. The largest absolute Gasteiger partial charge is 0.460 e. The summed E-state index contributed by atoms with van der Waals surface area (Å²) in [4.78, 5) is 24.4. The first-order chi connectivity index (χ1) is 10.2. The number of hydrogen-bond acceptors (Lipinski definition) is 3. The van der Waals surface area contributed by atoms with Gasteiger partial charge in [0.2, 0.25) is 5.43 Å². The Kier molecular flexibility index (Phi) is 3.40. The quantitative estimate of drug-likeness (QED) is 0.688. The molecule has 1 heterocycles. The molecule has 0 radical (unpaired) electrons. The number of para-hydroxylation sites is 1. The third-order valence-electron chi connectivity index (χ3n) is 3.43. The molecular weight excluding hydrogens is 264 g/mol. The van der Waals surface area contributed by atoms with Crippen LogP contribution in [0.4, 0.5) is 0 Å². The zero-order valence-electron chi connectivity index (χ0n) is 11.6. The Bertz CT molecular complexity index is 861. The fourth-order valence-corrected chi connectivity index (χ4v) is 2.45. The summed E-state index contributed by atoms with van der Waals surface area (Å²) in [6, 6.07) is 16.6. The average Bonchev–Trinajstić information content (AvgIpc) is 2.48. The van der Waals surface area contributed by atoms with Gasteiger partial charge in [0.15, 0.2) is 5.78 Å². The third-order valence-corrected chi connectivity index (χ3v) is 3.43. The average molecular weight is 278 g/mol. The Hall–Kier alpha value is -2.68. The van der Waals surface area contributed by atoms with E-state index in [1.165, 1.54) is 6.92 Å². The molecule has 0 saturated carbocycles. The molecule has 0 N–H and O–H groups in total. The maximum atomic E-state index is 12.5. The molecule has 21 heavy (non-hydrogen) atoms. The lowest BCUT2D eigenvalue weighted by atomic mass is 10.0. The van der Waals surface area contributed by atoms with Crippen molar-refractivity contribution in [3.05, 3.63) is 81.7 Å². The molecule has 0 bridgehead atoms. The molecule has 104 valence electrons. The van der Waals surface area contributed by atoms with Gasteiger partial charge in [-0.1, -0.05) is 42.5 Å². The second kappa shape index (κ2) is 5.37. The van der Waals surface area contributed by atoms with E-state index in [2.05, 4.69) is 0 Å². The van der Waals surface area contributed by atoms with Gasteiger partial charge in [0.05, 0.1) is 5.39 Å². The van der Waals surface area contributed by atoms with Gasteiger partial charge in [-0.2, -0.15) is 0 Å². The molecule has 3 heteroatoms. The molecule has 0 saturated heterocycles. The predicted molar refractivity (Wildman–Crippen MR) is 81.7 cm³/mol. The first kappa shape index (κ1) is 13.3. The van der Waals surface area contributed by atoms with Gasteiger partial charge in [0, 0.05) is 6.42 Å². The lowest BCUT2D eigenvalue weighted by molar-refractivity contribution is 0.101. The van der Waals surface area contributed by atoms with Crippen LogP contribution in [0.3, 0.4) is 0 Å². The molecule has 3 aromatic rings. The highest BCUT2D eigenvalue weighted by Gasteiger charge is 2.17. The predicted octanol–water partition coefficient (Wildman–Crippen LogP) is 3.59. The van der Waals surface area contributed by atoms with Crippen molar-refractivity contribution in [3.63, 3.8) is 0 Å². The second-order valence-corrected chi connectivity index (χ2v) is 4.94. The van der Waals surface area contributed by atoms with E-state index >= 15 is 0 Å². The van der Waals surface area contributed by atoms with Crippen LogP contribution < -0.4 is 5.43 Å². The molecule has 3 rings (SSSR count). The van der Waals surface area contributed by atoms with Crippen molar-refractivity contribution in [1.82, 2.24) is 0 Å². The van der Waals surface area contributed by atoms with Crippen LogP contribution in [0.25, 0.3) is 11.0 Å². The van der Waals surface area contributed by atoms with Crippen LogP contribution in [-0.4, -0.2) is 5.78 Å². The topological polar surface area (TPSA) is 47.3 Å². The van der Waals surface area contributed by atoms with E-state index in [9.17, 15) is 9.59 Å². The Labute approximate surface area is 121 Å². The number of Topliss-reactive ketones (excluding diaryl/α,β-unsaturated/α-hetero) is 1. The van der Waals surface area contributed by atoms with E-state index in [1.807, 2.05) is 36.4 Å². The first-order valence-corrected chi connectivity index (χ1v) is 6.76. The normalized spacial score (nSPS) is 10.7. The van der Waals surface area contributed by atoms with E-state index in [0.717, 1.165) is 5.56 Å². The Morgan fingerprint density at radius 2 is 1.67 bits per heavy atom.